The van der Waals surface area contributed by atoms with Crippen molar-refractivity contribution in [2.75, 3.05) is 6.26 Å². The zero-order chi connectivity index (χ0) is 6.53. The van der Waals surface area contributed by atoms with Crippen molar-refractivity contribution in [3.8, 4) is 0 Å². The van der Waals surface area contributed by atoms with E-state index in [1.165, 1.54) is 0 Å². The molecule has 0 aliphatic rings. The largest absolute Gasteiger partial charge is 0.448 e. The molecule has 1 N–H and O–H groups in total. The van der Waals surface area contributed by atoms with Crippen molar-refractivity contribution in [3.63, 3.8) is 0 Å². The molecule has 0 bridgehead atoms. The Labute approximate surface area is 58.0 Å². The molecule has 0 aliphatic carbocycles. The van der Waals surface area contributed by atoms with Gasteiger partial charge in [-0.15, -0.1) is 0 Å². The third kappa shape index (κ3) is 2.07. The molecule has 0 saturated heterocycles. The standard InChI is InChI=1S/C5H8N2OS/c1-9-7-4-5-6-2-3-8-5/h2-3,7H,4H2,1H3. The van der Waals surface area contributed by atoms with Gasteiger partial charge in [0.05, 0.1) is 12.7 Å². The molecule has 9 heavy (non-hydrogen) atoms. The van der Waals surface area contributed by atoms with E-state index in [1.54, 1.807) is 24.4 Å². The summed E-state index contributed by atoms with van der Waals surface area (Å²) in [6, 6.07) is 0. The van der Waals surface area contributed by atoms with Crippen molar-refractivity contribution >= 4 is 11.9 Å². The summed E-state index contributed by atoms with van der Waals surface area (Å²) >= 11 is 1.55. The van der Waals surface area contributed by atoms with Gasteiger partial charge < -0.3 is 4.42 Å². The highest BCUT2D eigenvalue weighted by Gasteiger charge is 1.92. The Hall–Kier alpha value is -0.480. The van der Waals surface area contributed by atoms with Crippen LogP contribution in [0.4, 0.5) is 0 Å². The Kier molecular flexibility index (Phi) is 2.60. The van der Waals surface area contributed by atoms with Crippen LogP contribution in [0.15, 0.2) is 16.9 Å². The number of nitrogens with zero attached hydrogens (tertiary/aromatic N) is 1. The number of aromatic nitrogens is 1. The van der Waals surface area contributed by atoms with Gasteiger partial charge in [0.25, 0.3) is 0 Å². The Morgan fingerprint density at radius 3 is 3.33 bits per heavy atom. The SMILES string of the molecule is CSNCc1ncco1. The molecule has 50 valence electrons. The normalized spacial score (nSPS) is 9.89. The summed E-state index contributed by atoms with van der Waals surface area (Å²) in [6.45, 7) is 0.689. The second kappa shape index (κ2) is 3.53. The van der Waals surface area contributed by atoms with E-state index in [9.17, 15) is 0 Å². The average Bonchev–Trinajstić information content (AvgIpc) is 2.34. The van der Waals surface area contributed by atoms with Crippen molar-refractivity contribution in [2.24, 2.45) is 0 Å². The zero-order valence-electron chi connectivity index (χ0n) is 5.13. The summed E-state index contributed by atoms with van der Waals surface area (Å²) in [5.74, 6) is 0.726. The molecule has 1 rings (SSSR count). The summed E-state index contributed by atoms with van der Waals surface area (Å²) in [6.07, 6.45) is 5.16. The first-order valence-electron chi connectivity index (χ1n) is 2.57. The summed E-state index contributed by atoms with van der Waals surface area (Å²) in [4.78, 5) is 3.91. The fraction of sp³-hybridized carbons (Fsp3) is 0.400. The number of oxazole rings is 1. The Bertz CT molecular complexity index is 152. The summed E-state index contributed by atoms with van der Waals surface area (Å²) < 4.78 is 7.96. The molecular weight excluding hydrogens is 136 g/mol. The molecule has 0 atom stereocenters. The third-order valence-electron chi connectivity index (χ3n) is 0.851. The van der Waals surface area contributed by atoms with Crippen molar-refractivity contribution in [1.29, 1.82) is 0 Å². The lowest BCUT2D eigenvalue weighted by atomic mass is 10.7. The fourth-order valence-electron chi connectivity index (χ4n) is 0.474. The molecule has 0 aromatic carbocycles. The van der Waals surface area contributed by atoms with Gasteiger partial charge in [-0.25, -0.2) is 4.98 Å². The third-order valence-corrected chi connectivity index (χ3v) is 1.28. The summed E-state index contributed by atoms with van der Waals surface area (Å²) in [7, 11) is 0. The van der Waals surface area contributed by atoms with Crippen LogP contribution in [0.2, 0.25) is 0 Å². The van der Waals surface area contributed by atoms with Gasteiger partial charge in [0, 0.05) is 0 Å². The number of rotatable bonds is 3. The second-order valence-electron chi connectivity index (χ2n) is 1.45. The van der Waals surface area contributed by atoms with Gasteiger partial charge in [-0.1, -0.05) is 11.9 Å². The molecule has 0 aliphatic heterocycles. The predicted molar refractivity (Wildman–Crippen MR) is 36.9 cm³/mol. The van der Waals surface area contributed by atoms with Gasteiger partial charge in [0.1, 0.15) is 6.26 Å². The minimum Gasteiger partial charge on any atom is -0.448 e. The number of nitrogens with one attached hydrogen (secondary N) is 1. The predicted octanol–water partition coefficient (Wildman–Crippen LogP) is 1.04. The highest BCUT2D eigenvalue weighted by molar-refractivity contribution is 7.96. The molecule has 0 radical (unpaired) electrons. The van der Waals surface area contributed by atoms with E-state index in [-0.39, 0.29) is 0 Å². The van der Waals surface area contributed by atoms with Crippen molar-refractivity contribution in [3.05, 3.63) is 18.4 Å². The van der Waals surface area contributed by atoms with Gasteiger partial charge in [-0.3, -0.25) is 4.72 Å². The maximum Gasteiger partial charge on any atom is 0.208 e. The van der Waals surface area contributed by atoms with Crippen LogP contribution >= 0.6 is 11.9 Å². The van der Waals surface area contributed by atoms with Crippen LogP contribution in [0, 0.1) is 0 Å². The summed E-state index contributed by atoms with van der Waals surface area (Å²) in [5.41, 5.74) is 0. The molecule has 0 unspecified atom stereocenters. The molecule has 0 spiro atoms. The molecule has 0 saturated carbocycles. The first-order chi connectivity index (χ1) is 4.43. The Morgan fingerprint density at radius 2 is 2.78 bits per heavy atom. The highest BCUT2D eigenvalue weighted by atomic mass is 32.2. The molecule has 1 aromatic heterocycles. The van der Waals surface area contributed by atoms with Crippen molar-refractivity contribution < 1.29 is 4.42 Å². The Morgan fingerprint density at radius 1 is 1.89 bits per heavy atom. The molecule has 0 amide bonds. The smallest absolute Gasteiger partial charge is 0.208 e. The number of hydrogen-bond donors (Lipinski definition) is 1. The van der Waals surface area contributed by atoms with Gasteiger partial charge in [0.15, 0.2) is 0 Å². The first kappa shape index (κ1) is 6.64. The monoisotopic (exact) mass is 144 g/mol. The zero-order valence-corrected chi connectivity index (χ0v) is 5.94. The maximum absolute atomic E-state index is 4.95. The quantitative estimate of drug-likeness (QED) is 0.643. The van der Waals surface area contributed by atoms with E-state index in [1.807, 2.05) is 6.26 Å². The molecular formula is C5H8N2OS. The van der Waals surface area contributed by atoms with E-state index in [0.29, 0.717) is 6.54 Å². The lowest BCUT2D eigenvalue weighted by Crippen LogP contribution is -2.01. The Balaban J connectivity index is 2.30. The molecule has 1 aromatic rings. The average molecular weight is 144 g/mol. The van der Waals surface area contributed by atoms with E-state index < -0.39 is 0 Å². The number of hydrogen-bond acceptors (Lipinski definition) is 4. The topological polar surface area (TPSA) is 38.1 Å². The van der Waals surface area contributed by atoms with Gasteiger partial charge in [-0.05, 0) is 6.26 Å². The van der Waals surface area contributed by atoms with Crippen LogP contribution in [0.25, 0.3) is 0 Å². The first-order valence-corrected chi connectivity index (χ1v) is 3.80. The van der Waals surface area contributed by atoms with Crippen molar-refractivity contribution in [1.82, 2.24) is 9.71 Å². The van der Waals surface area contributed by atoms with Crippen LogP contribution in [0.1, 0.15) is 5.89 Å². The van der Waals surface area contributed by atoms with E-state index in [4.69, 9.17) is 4.42 Å². The summed E-state index contributed by atoms with van der Waals surface area (Å²) in [5, 5.41) is 0. The second-order valence-corrected chi connectivity index (χ2v) is 2.15. The van der Waals surface area contributed by atoms with Crippen LogP contribution in [-0.4, -0.2) is 11.2 Å². The molecule has 3 nitrogen and oxygen atoms in total. The lowest BCUT2D eigenvalue weighted by molar-refractivity contribution is 0.492. The van der Waals surface area contributed by atoms with Crippen LogP contribution in [0.5, 0.6) is 0 Å². The van der Waals surface area contributed by atoms with Crippen molar-refractivity contribution in [2.45, 2.75) is 6.54 Å². The van der Waals surface area contributed by atoms with Crippen LogP contribution in [-0.2, 0) is 6.54 Å². The van der Waals surface area contributed by atoms with Gasteiger partial charge in [0.2, 0.25) is 5.89 Å². The fourth-order valence-corrected chi connectivity index (χ4v) is 0.742. The minimum atomic E-state index is 0.689. The van der Waals surface area contributed by atoms with E-state index in [2.05, 4.69) is 9.71 Å². The highest BCUT2D eigenvalue weighted by Crippen LogP contribution is 1.94. The molecule has 0 fully saturated rings. The minimum absolute atomic E-state index is 0.689. The lowest BCUT2D eigenvalue weighted by Gasteiger charge is -1.92. The van der Waals surface area contributed by atoms with E-state index in [0.717, 1.165) is 5.89 Å². The maximum atomic E-state index is 4.95. The van der Waals surface area contributed by atoms with Crippen LogP contribution < -0.4 is 4.72 Å². The van der Waals surface area contributed by atoms with Gasteiger partial charge in [-0.2, -0.15) is 0 Å². The molecule has 4 heteroatoms. The molecule has 1 heterocycles. The van der Waals surface area contributed by atoms with E-state index >= 15 is 0 Å². The van der Waals surface area contributed by atoms with Gasteiger partial charge >= 0.3 is 0 Å². The van der Waals surface area contributed by atoms with Crippen LogP contribution in [0.3, 0.4) is 0 Å².